The van der Waals surface area contributed by atoms with Crippen LogP contribution in [0.2, 0.25) is 0 Å². The molecule has 1 aliphatic carbocycles. The van der Waals surface area contributed by atoms with E-state index in [1.807, 2.05) is 31.2 Å². The fraction of sp³-hybridized carbons (Fsp3) is 0.440. The number of amides is 2. The summed E-state index contributed by atoms with van der Waals surface area (Å²) < 4.78 is 10.8. The number of ether oxygens (including phenoxy) is 2. The summed E-state index contributed by atoms with van der Waals surface area (Å²) in [6.45, 7) is 4.01. The molecule has 0 aliphatic heterocycles. The maximum Gasteiger partial charge on any atom is 0.261 e. The molecule has 0 saturated heterocycles. The molecule has 1 saturated carbocycles. The normalized spacial score (nSPS) is 14.7. The van der Waals surface area contributed by atoms with Crippen molar-refractivity contribution in [2.24, 2.45) is 0 Å². The molecule has 31 heavy (non-hydrogen) atoms. The fourth-order valence-corrected chi connectivity index (χ4v) is 3.76. The Kier molecular flexibility index (Phi) is 7.93. The number of hydrogen-bond donors (Lipinski definition) is 1. The highest BCUT2D eigenvalue weighted by atomic mass is 16.5. The van der Waals surface area contributed by atoms with Gasteiger partial charge in [-0.1, -0.05) is 42.7 Å². The van der Waals surface area contributed by atoms with Crippen molar-refractivity contribution in [3.05, 3.63) is 59.7 Å². The number of methoxy groups -OCH3 is 1. The number of nitrogens with one attached hydrogen (secondary N) is 1. The first kappa shape index (κ1) is 22.7. The lowest BCUT2D eigenvalue weighted by Gasteiger charge is -2.29. The topological polar surface area (TPSA) is 67.9 Å². The second kappa shape index (κ2) is 10.8. The van der Waals surface area contributed by atoms with Gasteiger partial charge in [0.2, 0.25) is 5.91 Å². The Morgan fingerprint density at radius 3 is 2.26 bits per heavy atom. The Balaban J connectivity index is 1.68. The first-order chi connectivity index (χ1) is 15.0. The van der Waals surface area contributed by atoms with E-state index in [4.69, 9.17) is 9.47 Å². The Hall–Kier alpha value is -3.02. The van der Waals surface area contributed by atoms with Gasteiger partial charge in [-0.15, -0.1) is 0 Å². The highest BCUT2D eigenvalue weighted by molar-refractivity contribution is 5.88. The van der Waals surface area contributed by atoms with Crippen LogP contribution in [0.15, 0.2) is 48.5 Å². The van der Waals surface area contributed by atoms with E-state index in [1.165, 1.54) is 0 Å². The van der Waals surface area contributed by atoms with Crippen molar-refractivity contribution in [1.82, 2.24) is 10.2 Å². The molecular weight excluding hydrogens is 392 g/mol. The maximum absolute atomic E-state index is 13.1. The van der Waals surface area contributed by atoms with Crippen LogP contribution in [0.25, 0.3) is 0 Å². The largest absolute Gasteiger partial charge is 0.497 e. The summed E-state index contributed by atoms with van der Waals surface area (Å²) in [7, 11) is 1.60. The number of benzene rings is 2. The van der Waals surface area contributed by atoms with Crippen LogP contribution >= 0.6 is 0 Å². The van der Waals surface area contributed by atoms with Gasteiger partial charge in [0.15, 0.2) is 6.61 Å². The van der Waals surface area contributed by atoms with Gasteiger partial charge in [-0.25, -0.2) is 0 Å². The number of carbonyl (C=O) groups is 2. The van der Waals surface area contributed by atoms with Gasteiger partial charge >= 0.3 is 0 Å². The quantitative estimate of drug-likeness (QED) is 0.664. The Labute approximate surface area is 184 Å². The second-order valence-corrected chi connectivity index (χ2v) is 8.14. The Morgan fingerprint density at radius 2 is 1.65 bits per heavy atom. The zero-order valence-corrected chi connectivity index (χ0v) is 18.6. The molecule has 1 atom stereocenters. The summed E-state index contributed by atoms with van der Waals surface area (Å²) in [5, 5.41) is 3.11. The lowest BCUT2D eigenvalue weighted by molar-refractivity contribution is -0.142. The summed E-state index contributed by atoms with van der Waals surface area (Å²) in [4.78, 5) is 27.6. The Morgan fingerprint density at radius 1 is 1.03 bits per heavy atom. The van der Waals surface area contributed by atoms with Gasteiger partial charge in [-0.05, 0) is 56.5 Å². The Bertz CT molecular complexity index is 858. The van der Waals surface area contributed by atoms with Crippen LogP contribution in [0.3, 0.4) is 0 Å². The monoisotopic (exact) mass is 424 g/mol. The van der Waals surface area contributed by atoms with Gasteiger partial charge in [0.1, 0.15) is 17.5 Å². The zero-order valence-electron chi connectivity index (χ0n) is 18.6. The predicted molar refractivity (Wildman–Crippen MR) is 120 cm³/mol. The molecule has 3 rings (SSSR count). The van der Waals surface area contributed by atoms with E-state index in [9.17, 15) is 9.59 Å². The molecule has 1 aliphatic rings. The van der Waals surface area contributed by atoms with Crippen LogP contribution in [-0.2, 0) is 16.1 Å². The molecule has 0 heterocycles. The molecule has 0 bridgehead atoms. The number of rotatable bonds is 9. The van der Waals surface area contributed by atoms with Crippen molar-refractivity contribution in [1.29, 1.82) is 0 Å². The molecule has 0 aromatic heterocycles. The molecule has 6 heteroatoms. The number of aryl methyl sites for hydroxylation is 1. The molecule has 166 valence electrons. The van der Waals surface area contributed by atoms with Crippen LogP contribution in [0.1, 0.15) is 43.7 Å². The molecule has 1 fully saturated rings. The zero-order chi connectivity index (χ0) is 22.2. The maximum atomic E-state index is 13.1. The van der Waals surface area contributed by atoms with Crippen LogP contribution in [-0.4, -0.2) is 42.5 Å². The SMILES string of the molecule is COc1ccc(OCC(=O)N(Cc2ccc(C)cc2)[C@H](C)C(=O)NC2CCCC2)cc1. The van der Waals surface area contributed by atoms with E-state index in [0.717, 1.165) is 42.6 Å². The van der Waals surface area contributed by atoms with E-state index in [0.29, 0.717) is 12.3 Å². The van der Waals surface area contributed by atoms with E-state index in [1.54, 1.807) is 43.2 Å². The van der Waals surface area contributed by atoms with E-state index < -0.39 is 6.04 Å². The van der Waals surface area contributed by atoms with Crippen molar-refractivity contribution >= 4 is 11.8 Å². The van der Waals surface area contributed by atoms with Crippen molar-refractivity contribution in [3.63, 3.8) is 0 Å². The molecule has 2 aromatic carbocycles. The van der Waals surface area contributed by atoms with E-state index in [2.05, 4.69) is 5.32 Å². The summed E-state index contributed by atoms with van der Waals surface area (Å²) in [6.07, 6.45) is 4.29. The van der Waals surface area contributed by atoms with Crippen LogP contribution in [0, 0.1) is 6.92 Å². The van der Waals surface area contributed by atoms with Gasteiger partial charge in [0.25, 0.3) is 5.91 Å². The summed E-state index contributed by atoms with van der Waals surface area (Å²) in [6, 6.07) is 14.7. The third-order valence-corrected chi connectivity index (χ3v) is 5.76. The third-order valence-electron chi connectivity index (χ3n) is 5.76. The van der Waals surface area contributed by atoms with Gasteiger partial charge in [0, 0.05) is 12.6 Å². The molecule has 0 spiro atoms. The van der Waals surface area contributed by atoms with Crippen LogP contribution in [0.4, 0.5) is 0 Å². The second-order valence-electron chi connectivity index (χ2n) is 8.14. The lowest BCUT2D eigenvalue weighted by Crippen LogP contribution is -2.50. The molecule has 1 N–H and O–H groups in total. The van der Waals surface area contributed by atoms with Crippen molar-refractivity contribution < 1.29 is 19.1 Å². The number of hydrogen-bond acceptors (Lipinski definition) is 4. The standard InChI is InChI=1S/C25H32N2O4/c1-18-8-10-20(11-9-18)16-27(19(2)25(29)26-21-6-4-5-7-21)24(28)17-31-23-14-12-22(30-3)13-15-23/h8-15,19,21H,4-7,16-17H2,1-3H3,(H,26,29)/t19-/m1/s1. The average Bonchev–Trinajstić information content (AvgIpc) is 3.30. The minimum absolute atomic E-state index is 0.114. The van der Waals surface area contributed by atoms with Gasteiger partial charge < -0.3 is 19.7 Å². The highest BCUT2D eigenvalue weighted by Gasteiger charge is 2.28. The first-order valence-corrected chi connectivity index (χ1v) is 10.9. The molecule has 2 aromatic rings. The number of carbonyl (C=O) groups excluding carboxylic acids is 2. The van der Waals surface area contributed by atoms with E-state index >= 15 is 0 Å². The lowest BCUT2D eigenvalue weighted by atomic mass is 10.1. The van der Waals surface area contributed by atoms with Gasteiger partial charge in [-0.3, -0.25) is 9.59 Å². The fourth-order valence-electron chi connectivity index (χ4n) is 3.76. The van der Waals surface area contributed by atoms with Gasteiger partial charge in [0.05, 0.1) is 7.11 Å². The molecule has 2 amide bonds. The molecule has 0 unspecified atom stereocenters. The van der Waals surface area contributed by atoms with Crippen molar-refractivity contribution in [2.45, 2.75) is 58.2 Å². The predicted octanol–water partition coefficient (Wildman–Crippen LogP) is 3.86. The van der Waals surface area contributed by atoms with Crippen LogP contribution < -0.4 is 14.8 Å². The molecule has 0 radical (unpaired) electrons. The average molecular weight is 425 g/mol. The van der Waals surface area contributed by atoms with Crippen LogP contribution in [0.5, 0.6) is 11.5 Å². The molecular formula is C25H32N2O4. The summed E-state index contributed by atoms with van der Waals surface area (Å²) >= 11 is 0. The smallest absolute Gasteiger partial charge is 0.261 e. The molecule has 6 nitrogen and oxygen atoms in total. The first-order valence-electron chi connectivity index (χ1n) is 10.9. The van der Waals surface area contributed by atoms with E-state index in [-0.39, 0.29) is 24.5 Å². The highest BCUT2D eigenvalue weighted by Crippen LogP contribution is 2.20. The van der Waals surface area contributed by atoms with Crippen molar-refractivity contribution in [3.8, 4) is 11.5 Å². The van der Waals surface area contributed by atoms with Crippen molar-refractivity contribution in [2.75, 3.05) is 13.7 Å². The third kappa shape index (κ3) is 6.48. The minimum Gasteiger partial charge on any atom is -0.497 e. The number of nitrogens with zero attached hydrogens (tertiary/aromatic N) is 1. The summed E-state index contributed by atoms with van der Waals surface area (Å²) in [5.41, 5.74) is 2.13. The summed E-state index contributed by atoms with van der Waals surface area (Å²) in [5.74, 6) is 0.951. The minimum atomic E-state index is -0.589. The van der Waals surface area contributed by atoms with Gasteiger partial charge in [-0.2, -0.15) is 0 Å².